The van der Waals surface area contributed by atoms with E-state index in [0.717, 1.165) is 5.56 Å². The number of rotatable bonds is 6. The van der Waals surface area contributed by atoms with Crippen molar-refractivity contribution < 1.29 is 27.5 Å². The van der Waals surface area contributed by atoms with Gasteiger partial charge in [0.25, 0.3) is 5.91 Å². The predicted molar refractivity (Wildman–Crippen MR) is 95.2 cm³/mol. The molecule has 0 aliphatic rings. The minimum absolute atomic E-state index is 0.118. The number of carbonyl (C=O) groups excluding carboxylic acids is 3. The van der Waals surface area contributed by atoms with Crippen LogP contribution in [0, 0.1) is 6.92 Å². The molecule has 144 valence electrons. The lowest BCUT2D eigenvalue weighted by atomic mass is 10.1. The van der Waals surface area contributed by atoms with Crippen LogP contribution in [0.15, 0.2) is 29.2 Å². The normalized spacial score (nSPS) is 11.5. The summed E-state index contributed by atoms with van der Waals surface area (Å²) in [7, 11) is -3.62. The summed E-state index contributed by atoms with van der Waals surface area (Å²) in [4.78, 5) is 34.8. The summed E-state index contributed by atoms with van der Waals surface area (Å²) < 4.78 is 28.9. The highest BCUT2D eigenvalue weighted by molar-refractivity contribution is 7.91. The van der Waals surface area contributed by atoms with Crippen LogP contribution < -0.4 is 10.6 Å². The van der Waals surface area contributed by atoms with Crippen LogP contribution in [0.2, 0.25) is 0 Å². The van der Waals surface area contributed by atoms with Crippen molar-refractivity contribution in [2.45, 2.75) is 44.6 Å². The second-order valence-electron chi connectivity index (χ2n) is 6.79. The fourth-order valence-corrected chi connectivity index (χ4v) is 3.06. The summed E-state index contributed by atoms with van der Waals surface area (Å²) >= 11 is 0. The van der Waals surface area contributed by atoms with Gasteiger partial charge in [-0.15, -0.1) is 0 Å². The molecule has 0 bridgehead atoms. The van der Waals surface area contributed by atoms with Crippen molar-refractivity contribution in [3.8, 4) is 0 Å². The molecule has 0 fully saturated rings. The summed E-state index contributed by atoms with van der Waals surface area (Å²) in [6.45, 7) is 6.39. The monoisotopic (exact) mass is 384 g/mol. The Hall–Kier alpha value is -2.42. The van der Waals surface area contributed by atoms with Crippen molar-refractivity contribution in [2.24, 2.45) is 0 Å². The first kappa shape index (κ1) is 21.6. The van der Waals surface area contributed by atoms with E-state index in [9.17, 15) is 22.8 Å². The molecule has 0 heterocycles. The highest BCUT2D eigenvalue weighted by atomic mass is 32.2. The molecule has 0 spiro atoms. The Kier molecular flexibility index (Phi) is 7.31. The molecular formula is C17H24N2O6S. The number of imide groups is 1. The van der Waals surface area contributed by atoms with Crippen molar-refractivity contribution in [2.75, 3.05) is 12.4 Å². The summed E-state index contributed by atoms with van der Waals surface area (Å²) in [5.41, 5.74) is 0.399. The van der Waals surface area contributed by atoms with Gasteiger partial charge in [0.1, 0.15) is 0 Å². The van der Waals surface area contributed by atoms with Crippen molar-refractivity contribution >= 4 is 27.7 Å². The Morgan fingerprint density at radius 1 is 1.08 bits per heavy atom. The molecule has 3 amide bonds. The summed E-state index contributed by atoms with van der Waals surface area (Å²) in [5.74, 6) is -2.07. The standard InChI is InChI=1S/C17H24N2O6S/c1-12-5-7-13(8-6-12)26(23,24)10-9-15(21)25-11-14(20)18-16(22)19-17(2,3)4/h5-8H,9-11H2,1-4H3,(H2,18,19,20,22). The molecule has 0 atom stereocenters. The van der Waals surface area contributed by atoms with E-state index in [4.69, 9.17) is 0 Å². The zero-order valence-corrected chi connectivity index (χ0v) is 16.1. The van der Waals surface area contributed by atoms with Gasteiger partial charge in [-0.2, -0.15) is 0 Å². The maximum Gasteiger partial charge on any atom is 0.321 e. The van der Waals surface area contributed by atoms with Crippen LogP contribution in [0.3, 0.4) is 0 Å². The smallest absolute Gasteiger partial charge is 0.321 e. The molecular weight excluding hydrogens is 360 g/mol. The van der Waals surface area contributed by atoms with E-state index < -0.39 is 52.1 Å². The van der Waals surface area contributed by atoms with Gasteiger partial charge in [-0.25, -0.2) is 13.2 Å². The van der Waals surface area contributed by atoms with Crippen LogP contribution in [-0.4, -0.2) is 44.2 Å². The van der Waals surface area contributed by atoms with Crippen LogP contribution in [-0.2, 0) is 24.2 Å². The van der Waals surface area contributed by atoms with Gasteiger partial charge in [0, 0.05) is 5.54 Å². The van der Waals surface area contributed by atoms with Gasteiger partial charge in [-0.1, -0.05) is 17.7 Å². The number of urea groups is 1. The van der Waals surface area contributed by atoms with E-state index in [1.54, 1.807) is 32.9 Å². The van der Waals surface area contributed by atoms with Gasteiger partial charge in [0.2, 0.25) is 0 Å². The van der Waals surface area contributed by atoms with E-state index in [2.05, 4.69) is 10.1 Å². The molecule has 0 aliphatic heterocycles. The van der Waals surface area contributed by atoms with Gasteiger partial charge >= 0.3 is 12.0 Å². The van der Waals surface area contributed by atoms with Gasteiger partial charge < -0.3 is 10.1 Å². The number of aryl methyl sites for hydroxylation is 1. The molecule has 9 heteroatoms. The first-order valence-electron chi connectivity index (χ1n) is 7.96. The lowest BCUT2D eigenvalue weighted by Crippen LogP contribution is -2.49. The number of nitrogens with one attached hydrogen (secondary N) is 2. The Balaban J connectivity index is 2.41. The Morgan fingerprint density at radius 3 is 2.19 bits per heavy atom. The van der Waals surface area contributed by atoms with Gasteiger partial charge in [-0.05, 0) is 39.8 Å². The third-order valence-corrected chi connectivity index (χ3v) is 4.79. The lowest BCUT2D eigenvalue weighted by Gasteiger charge is -2.20. The SMILES string of the molecule is Cc1ccc(S(=O)(=O)CCC(=O)OCC(=O)NC(=O)NC(C)(C)C)cc1. The minimum atomic E-state index is -3.62. The second kappa shape index (κ2) is 8.79. The van der Waals surface area contributed by atoms with Crippen LogP contribution in [0.25, 0.3) is 0 Å². The number of sulfone groups is 1. The zero-order chi connectivity index (χ0) is 20.0. The van der Waals surface area contributed by atoms with Gasteiger partial charge in [0.15, 0.2) is 16.4 Å². The molecule has 0 saturated heterocycles. The van der Waals surface area contributed by atoms with Crippen molar-refractivity contribution in [3.05, 3.63) is 29.8 Å². The number of benzene rings is 1. The minimum Gasteiger partial charge on any atom is -0.456 e. The number of carbonyl (C=O) groups is 3. The summed E-state index contributed by atoms with van der Waals surface area (Å²) in [6, 6.07) is 5.56. The lowest BCUT2D eigenvalue weighted by molar-refractivity contribution is -0.147. The van der Waals surface area contributed by atoms with E-state index in [1.165, 1.54) is 12.1 Å². The van der Waals surface area contributed by atoms with Crippen LogP contribution >= 0.6 is 0 Å². The number of hydrogen-bond acceptors (Lipinski definition) is 6. The average Bonchev–Trinajstić information content (AvgIpc) is 2.49. The largest absolute Gasteiger partial charge is 0.456 e. The Labute approximate surface area is 153 Å². The summed E-state index contributed by atoms with van der Waals surface area (Å²) in [6.07, 6.45) is -0.391. The number of amides is 3. The van der Waals surface area contributed by atoms with Gasteiger partial charge in [0.05, 0.1) is 17.1 Å². The molecule has 8 nitrogen and oxygen atoms in total. The highest BCUT2D eigenvalue weighted by Crippen LogP contribution is 2.13. The maximum absolute atomic E-state index is 12.1. The molecule has 2 N–H and O–H groups in total. The molecule has 26 heavy (non-hydrogen) atoms. The van der Waals surface area contributed by atoms with Crippen LogP contribution in [0.5, 0.6) is 0 Å². The van der Waals surface area contributed by atoms with Crippen molar-refractivity contribution in [1.82, 2.24) is 10.6 Å². The highest BCUT2D eigenvalue weighted by Gasteiger charge is 2.19. The molecule has 1 aromatic carbocycles. The molecule has 0 radical (unpaired) electrons. The third kappa shape index (κ3) is 8.11. The van der Waals surface area contributed by atoms with Crippen molar-refractivity contribution in [1.29, 1.82) is 0 Å². The van der Waals surface area contributed by atoms with Crippen molar-refractivity contribution in [3.63, 3.8) is 0 Å². The Bertz CT molecular complexity index is 763. The molecule has 1 aromatic rings. The molecule has 0 aromatic heterocycles. The summed E-state index contributed by atoms with van der Waals surface area (Å²) in [5, 5.41) is 4.52. The predicted octanol–water partition coefficient (Wildman–Crippen LogP) is 1.33. The molecule has 0 unspecified atom stereocenters. The zero-order valence-electron chi connectivity index (χ0n) is 15.3. The second-order valence-corrected chi connectivity index (χ2v) is 8.90. The molecule has 0 saturated carbocycles. The fourth-order valence-electron chi connectivity index (χ4n) is 1.83. The molecule has 0 aliphatic carbocycles. The fraction of sp³-hybridized carbons (Fsp3) is 0.471. The molecule has 1 rings (SSSR count). The van der Waals surface area contributed by atoms with Crippen LogP contribution in [0.1, 0.15) is 32.8 Å². The van der Waals surface area contributed by atoms with E-state index in [1.807, 2.05) is 12.2 Å². The van der Waals surface area contributed by atoms with Gasteiger partial charge in [-0.3, -0.25) is 14.9 Å². The number of ether oxygens (including phenoxy) is 1. The first-order valence-corrected chi connectivity index (χ1v) is 9.61. The maximum atomic E-state index is 12.1. The van der Waals surface area contributed by atoms with E-state index in [0.29, 0.717) is 0 Å². The average molecular weight is 384 g/mol. The quantitative estimate of drug-likeness (QED) is 0.714. The first-order chi connectivity index (χ1) is 11.9. The van der Waals surface area contributed by atoms with E-state index >= 15 is 0 Å². The third-order valence-electron chi connectivity index (χ3n) is 3.06. The van der Waals surface area contributed by atoms with E-state index in [-0.39, 0.29) is 4.90 Å². The topological polar surface area (TPSA) is 119 Å². The number of esters is 1. The van der Waals surface area contributed by atoms with Crippen LogP contribution in [0.4, 0.5) is 4.79 Å². The Morgan fingerprint density at radius 2 is 1.65 bits per heavy atom. The number of hydrogen-bond donors (Lipinski definition) is 2.